The van der Waals surface area contributed by atoms with Crippen LogP contribution >= 0.6 is 0 Å². The van der Waals surface area contributed by atoms with Gasteiger partial charge in [0.05, 0.1) is 25.7 Å². The number of nitrogens with zero attached hydrogens (tertiary/aromatic N) is 1. The fourth-order valence-corrected chi connectivity index (χ4v) is 5.00. The first-order chi connectivity index (χ1) is 12.9. The van der Waals surface area contributed by atoms with Gasteiger partial charge in [0.25, 0.3) is 5.91 Å². The van der Waals surface area contributed by atoms with Gasteiger partial charge >= 0.3 is 0 Å². The van der Waals surface area contributed by atoms with Crippen molar-refractivity contribution in [2.45, 2.75) is 19.0 Å². The lowest BCUT2D eigenvalue weighted by molar-refractivity contribution is 0.0680. The van der Waals surface area contributed by atoms with Crippen LogP contribution in [0.1, 0.15) is 22.3 Å². The number of methoxy groups -OCH3 is 2. The minimum absolute atomic E-state index is 0.00726. The van der Waals surface area contributed by atoms with Crippen molar-refractivity contribution in [3.05, 3.63) is 59.7 Å². The molecule has 1 aliphatic heterocycles. The van der Waals surface area contributed by atoms with Crippen LogP contribution in [0, 0.1) is 0 Å². The van der Waals surface area contributed by atoms with Crippen molar-refractivity contribution < 1.29 is 22.7 Å². The zero-order valence-corrected chi connectivity index (χ0v) is 16.2. The van der Waals surface area contributed by atoms with Crippen LogP contribution < -0.4 is 9.47 Å². The molecule has 0 unspecified atom stereocenters. The number of ether oxygens (including phenoxy) is 2. The number of carbonyl (C=O) groups excluding carboxylic acids is 1. The smallest absolute Gasteiger partial charge is 0.254 e. The molecule has 1 atom stereocenters. The Kier molecular flexibility index (Phi) is 5.70. The van der Waals surface area contributed by atoms with Gasteiger partial charge in [-0.05, 0) is 24.1 Å². The predicted octanol–water partition coefficient (Wildman–Crippen LogP) is 2.53. The molecular formula is C20H23NO5S. The third-order valence-corrected chi connectivity index (χ3v) is 6.45. The summed E-state index contributed by atoms with van der Waals surface area (Å²) in [5.74, 6) is 0.885. The first-order valence-corrected chi connectivity index (χ1v) is 10.5. The normalized spacial score (nSPS) is 18.1. The number of hydrogen-bond acceptors (Lipinski definition) is 5. The van der Waals surface area contributed by atoms with Gasteiger partial charge in [0, 0.05) is 24.2 Å². The minimum Gasteiger partial charge on any atom is -0.497 e. The Balaban J connectivity index is 1.95. The number of amides is 1. The molecule has 7 heteroatoms. The average Bonchev–Trinajstić information content (AvgIpc) is 3.05. The Labute approximate surface area is 159 Å². The fraction of sp³-hybridized carbons (Fsp3) is 0.350. The van der Waals surface area contributed by atoms with Gasteiger partial charge in [-0.25, -0.2) is 8.42 Å². The Morgan fingerprint density at radius 2 is 1.70 bits per heavy atom. The van der Waals surface area contributed by atoms with Crippen LogP contribution in [0.15, 0.2) is 48.5 Å². The zero-order valence-electron chi connectivity index (χ0n) is 15.4. The SMILES string of the molecule is COc1cc(OC)cc(C(=O)N(Cc2ccccc2)[C@H]2CCS(=O)(=O)C2)c1. The first-order valence-electron chi connectivity index (χ1n) is 8.70. The maximum atomic E-state index is 13.3. The molecule has 6 nitrogen and oxygen atoms in total. The number of hydrogen-bond donors (Lipinski definition) is 0. The maximum Gasteiger partial charge on any atom is 0.254 e. The number of sulfone groups is 1. The molecule has 0 saturated carbocycles. The lowest BCUT2D eigenvalue weighted by Gasteiger charge is -2.29. The van der Waals surface area contributed by atoms with Crippen molar-refractivity contribution in [3.63, 3.8) is 0 Å². The summed E-state index contributed by atoms with van der Waals surface area (Å²) in [6.07, 6.45) is 0.446. The third kappa shape index (κ3) is 4.60. The highest BCUT2D eigenvalue weighted by Crippen LogP contribution is 2.27. The van der Waals surface area contributed by atoms with E-state index in [0.717, 1.165) is 5.56 Å². The van der Waals surface area contributed by atoms with E-state index in [1.54, 1.807) is 23.1 Å². The van der Waals surface area contributed by atoms with E-state index in [4.69, 9.17) is 9.47 Å². The molecule has 0 aromatic heterocycles. The van der Waals surface area contributed by atoms with Crippen LogP contribution in [-0.4, -0.2) is 51.0 Å². The molecule has 1 saturated heterocycles. The molecule has 0 radical (unpaired) electrons. The van der Waals surface area contributed by atoms with Gasteiger partial charge in [-0.1, -0.05) is 30.3 Å². The number of benzene rings is 2. The monoisotopic (exact) mass is 389 g/mol. The zero-order chi connectivity index (χ0) is 19.4. The highest BCUT2D eigenvalue weighted by Gasteiger charge is 2.35. The summed E-state index contributed by atoms with van der Waals surface area (Å²) in [6.45, 7) is 0.347. The largest absolute Gasteiger partial charge is 0.497 e. The quantitative estimate of drug-likeness (QED) is 0.759. The van der Waals surface area contributed by atoms with Crippen molar-refractivity contribution in [1.82, 2.24) is 4.90 Å². The minimum atomic E-state index is -3.12. The van der Waals surface area contributed by atoms with Crippen molar-refractivity contribution >= 4 is 15.7 Å². The lowest BCUT2D eigenvalue weighted by Crippen LogP contribution is -2.40. The van der Waals surface area contributed by atoms with E-state index in [2.05, 4.69) is 0 Å². The summed E-state index contributed by atoms with van der Waals surface area (Å²) in [6, 6.07) is 14.2. The second-order valence-electron chi connectivity index (χ2n) is 6.58. The highest BCUT2D eigenvalue weighted by molar-refractivity contribution is 7.91. The maximum absolute atomic E-state index is 13.3. The summed E-state index contributed by atoms with van der Waals surface area (Å²) in [7, 11) is -0.0731. The van der Waals surface area contributed by atoms with E-state index in [-0.39, 0.29) is 23.5 Å². The topological polar surface area (TPSA) is 72.9 Å². The summed E-state index contributed by atoms with van der Waals surface area (Å²) in [4.78, 5) is 15.0. The second-order valence-corrected chi connectivity index (χ2v) is 8.81. The van der Waals surface area contributed by atoms with E-state index < -0.39 is 9.84 Å². The van der Waals surface area contributed by atoms with Gasteiger partial charge in [0.2, 0.25) is 0 Å². The molecule has 0 spiro atoms. The standard InChI is InChI=1S/C20H23NO5S/c1-25-18-10-16(11-19(12-18)26-2)20(22)21(13-15-6-4-3-5-7-15)17-8-9-27(23,24)14-17/h3-7,10-12,17H,8-9,13-14H2,1-2H3/t17-/m0/s1. The fourth-order valence-electron chi connectivity index (χ4n) is 3.26. The van der Waals surface area contributed by atoms with E-state index in [0.29, 0.717) is 30.0 Å². The van der Waals surface area contributed by atoms with Crippen LogP contribution in [-0.2, 0) is 16.4 Å². The van der Waals surface area contributed by atoms with Crippen LogP contribution in [0.4, 0.5) is 0 Å². The molecule has 0 aliphatic carbocycles. The molecule has 2 aromatic rings. The van der Waals surface area contributed by atoms with E-state index in [9.17, 15) is 13.2 Å². The summed E-state index contributed by atoms with van der Waals surface area (Å²) in [5, 5.41) is 0. The van der Waals surface area contributed by atoms with Crippen molar-refractivity contribution in [1.29, 1.82) is 0 Å². The molecule has 2 aromatic carbocycles. The van der Waals surface area contributed by atoms with Gasteiger partial charge in [-0.2, -0.15) is 0 Å². The van der Waals surface area contributed by atoms with Crippen LogP contribution in [0.3, 0.4) is 0 Å². The summed E-state index contributed by atoms with van der Waals surface area (Å²) in [5.41, 5.74) is 1.36. The molecular weight excluding hydrogens is 366 g/mol. The van der Waals surface area contributed by atoms with E-state index in [1.165, 1.54) is 14.2 Å². The molecule has 1 heterocycles. The Morgan fingerprint density at radius 3 is 2.22 bits per heavy atom. The third-order valence-electron chi connectivity index (χ3n) is 4.70. The molecule has 1 amide bonds. The predicted molar refractivity (Wildman–Crippen MR) is 103 cm³/mol. The van der Waals surface area contributed by atoms with Gasteiger partial charge in [-0.3, -0.25) is 4.79 Å². The lowest BCUT2D eigenvalue weighted by atomic mass is 10.1. The average molecular weight is 389 g/mol. The molecule has 27 heavy (non-hydrogen) atoms. The van der Waals surface area contributed by atoms with Gasteiger partial charge < -0.3 is 14.4 Å². The van der Waals surface area contributed by atoms with Gasteiger partial charge in [0.1, 0.15) is 11.5 Å². The Bertz CT molecular complexity index is 889. The van der Waals surface area contributed by atoms with Crippen LogP contribution in [0.25, 0.3) is 0 Å². The van der Waals surface area contributed by atoms with Crippen LogP contribution in [0.5, 0.6) is 11.5 Å². The second kappa shape index (κ2) is 8.00. The molecule has 3 rings (SSSR count). The van der Waals surface area contributed by atoms with Crippen molar-refractivity contribution in [2.24, 2.45) is 0 Å². The van der Waals surface area contributed by atoms with Gasteiger partial charge in [-0.15, -0.1) is 0 Å². The molecule has 0 bridgehead atoms. The number of carbonyl (C=O) groups is 1. The van der Waals surface area contributed by atoms with Crippen molar-refractivity contribution in [3.8, 4) is 11.5 Å². The highest BCUT2D eigenvalue weighted by atomic mass is 32.2. The first kappa shape index (κ1) is 19.2. The molecule has 0 N–H and O–H groups in total. The Morgan fingerprint density at radius 1 is 1.07 bits per heavy atom. The molecule has 1 aliphatic rings. The van der Waals surface area contributed by atoms with E-state index in [1.807, 2.05) is 30.3 Å². The van der Waals surface area contributed by atoms with E-state index >= 15 is 0 Å². The summed E-state index contributed by atoms with van der Waals surface area (Å²) < 4.78 is 34.5. The van der Waals surface area contributed by atoms with Crippen molar-refractivity contribution in [2.75, 3.05) is 25.7 Å². The molecule has 1 fully saturated rings. The van der Waals surface area contributed by atoms with Crippen LogP contribution in [0.2, 0.25) is 0 Å². The van der Waals surface area contributed by atoms with Gasteiger partial charge in [0.15, 0.2) is 9.84 Å². The number of rotatable bonds is 6. The Hall–Kier alpha value is -2.54. The molecule has 144 valence electrons. The summed E-state index contributed by atoms with van der Waals surface area (Å²) >= 11 is 0.